The Morgan fingerprint density at radius 2 is 1.77 bits per heavy atom. The van der Waals surface area contributed by atoms with E-state index in [1.807, 2.05) is 0 Å². The second-order valence-electron chi connectivity index (χ2n) is 3.90. The van der Waals surface area contributed by atoms with Crippen molar-refractivity contribution in [2.45, 2.75) is 32.6 Å². The molecular formula is C13H18. The standard InChI is InChI=1S/C13H18/c1-4-5-11-13(2,3)12-9-7-6-8-10-12/h5-11H,4H2,1-3H3/b11-5+. The molecule has 0 nitrogen and oxygen atoms in total. The van der Waals surface area contributed by atoms with Crippen LogP contribution in [0.4, 0.5) is 0 Å². The smallest absolute Gasteiger partial charge is 0.00753 e. The van der Waals surface area contributed by atoms with Crippen LogP contribution in [-0.4, -0.2) is 0 Å². The molecule has 0 radical (unpaired) electrons. The fourth-order valence-corrected chi connectivity index (χ4v) is 1.38. The molecule has 0 aliphatic heterocycles. The number of allylic oxidation sites excluding steroid dienone is 2. The van der Waals surface area contributed by atoms with Gasteiger partial charge in [-0.25, -0.2) is 0 Å². The van der Waals surface area contributed by atoms with Gasteiger partial charge in [0.15, 0.2) is 0 Å². The Morgan fingerprint density at radius 1 is 1.15 bits per heavy atom. The van der Waals surface area contributed by atoms with Crippen molar-refractivity contribution in [3.05, 3.63) is 48.0 Å². The predicted octanol–water partition coefficient (Wildman–Crippen LogP) is 3.93. The van der Waals surface area contributed by atoms with Gasteiger partial charge < -0.3 is 0 Å². The highest BCUT2D eigenvalue weighted by molar-refractivity contribution is 5.28. The van der Waals surface area contributed by atoms with Crippen molar-refractivity contribution in [3.8, 4) is 0 Å². The molecule has 0 amide bonds. The van der Waals surface area contributed by atoms with Gasteiger partial charge in [0.1, 0.15) is 0 Å². The summed E-state index contributed by atoms with van der Waals surface area (Å²) in [5.41, 5.74) is 1.54. The van der Waals surface area contributed by atoms with Crippen molar-refractivity contribution in [2.24, 2.45) is 0 Å². The van der Waals surface area contributed by atoms with E-state index in [1.165, 1.54) is 5.56 Å². The molecule has 0 fully saturated rings. The molecule has 0 heterocycles. The van der Waals surface area contributed by atoms with Crippen LogP contribution in [-0.2, 0) is 5.41 Å². The van der Waals surface area contributed by atoms with Crippen LogP contribution in [0.1, 0.15) is 32.8 Å². The maximum Gasteiger partial charge on any atom is 0.00753 e. The molecule has 13 heavy (non-hydrogen) atoms. The SMILES string of the molecule is CC/C=C/C(C)(C)c1ccccc1. The molecular weight excluding hydrogens is 156 g/mol. The highest BCUT2D eigenvalue weighted by Crippen LogP contribution is 2.24. The molecule has 0 aromatic heterocycles. The first-order chi connectivity index (χ1) is 6.17. The minimum atomic E-state index is 0.164. The highest BCUT2D eigenvalue weighted by atomic mass is 14.2. The second-order valence-corrected chi connectivity index (χ2v) is 3.90. The van der Waals surface area contributed by atoms with E-state index < -0.39 is 0 Å². The first kappa shape index (κ1) is 10.0. The third-order valence-corrected chi connectivity index (χ3v) is 2.29. The topological polar surface area (TPSA) is 0 Å². The monoisotopic (exact) mass is 174 g/mol. The van der Waals surface area contributed by atoms with E-state index in [0.29, 0.717) is 0 Å². The van der Waals surface area contributed by atoms with Crippen molar-refractivity contribution in [2.75, 3.05) is 0 Å². The van der Waals surface area contributed by atoms with Crippen molar-refractivity contribution < 1.29 is 0 Å². The second kappa shape index (κ2) is 4.27. The molecule has 70 valence electrons. The van der Waals surface area contributed by atoms with Gasteiger partial charge in [-0.3, -0.25) is 0 Å². The Balaban J connectivity index is 2.87. The number of hydrogen-bond donors (Lipinski definition) is 0. The third-order valence-electron chi connectivity index (χ3n) is 2.29. The summed E-state index contributed by atoms with van der Waals surface area (Å²) in [6.45, 7) is 6.65. The number of benzene rings is 1. The van der Waals surface area contributed by atoms with Crippen LogP contribution < -0.4 is 0 Å². The molecule has 0 unspecified atom stereocenters. The molecule has 0 aliphatic carbocycles. The Bertz CT molecular complexity index is 267. The molecule has 0 heteroatoms. The summed E-state index contributed by atoms with van der Waals surface area (Å²) in [5.74, 6) is 0. The number of hydrogen-bond acceptors (Lipinski definition) is 0. The van der Waals surface area contributed by atoms with Crippen LogP contribution in [0, 0.1) is 0 Å². The fourth-order valence-electron chi connectivity index (χ4n) is 1.38. The van der Waals surface area contributed by atoms with E-state index in [0.717, 1.165) is 6.42 Å². The normalized spacial score (nSPS) is 12.2. The molecule has 1 rings (SSSR count). The molecule has 0 spiro atoms. The first-order valence-corrected chi connectivity index (χ1v) is 4.90. The minimum absolute atomic E-state index is 0.164. The predicted molar refractivity (Wildman–Crippen MR) is 58.9 cm³/mol. The molecule has 0 N–H and O–H groups in total. The van der Waals surface area contributed by atoms with Crippen molar-refractivity contribution in [3.63, 3.8) is 0 Å². The van der Waals surface area contributed by atoms with E-state index in [4.69, 9.17) is 0 Å². The van der Waals surface area contributed by atoms with Gasteiger partial charge in [0.05, 0.1) is 0 Å². The van der Waals surface area contributed by atoms with E-state index in [1.54, 1.807) is 0 Å². The minimum Gasteiger partial charge on any atom is -0.0879 e. The maximum absolute atomic E-state index is 2.28. The van der Waals surface area contributed by atoms with E-state index in [9.17, 15) is 0 Å². The Labute approximate surface area is 81.3 Å². The lowest BCUT2D eigenvalue weighted by atomic mass is 9.84. The molecule has 0 bridgehead atoms. The van der Waals surface area contributed by atoms with Gasteiger partial charge >= 0.3 is 0 Å². The van der Waals surface area contributed by atoms with Gasteiger partial charge in [-0.15, -0.1) is 0 Å². The third kappa shape index (κ3) is 2.73. The van der Waals surface area contributed by atoms with Gasteiger partial charge in [0.2, 0.25) is 0 Å². The lowest BCUT2D eigenvalue weighted by Crippen LogP contribution is -2.12. The lowest BCUT2D eigenvalue weighted by Gasteiger charge is -2.20. The molecule has 1 aromatic carbocycles. The summed E-state index contributed by atoms with van der Waals surface area (Å²) < 4.78 is 0. The van der Waals surface area contributed by atoms with Gasteiger partial charge in [-0.05, 0) is 12.0 Å². The zero-order valence-electron chi connectivity index (χ0n) is 8.75. The molecule has 1 aromatic rings. The summed E-state index contributed by atoms with van der Waals surface area (Å²) >= 11 is 0. The summed E-state index contributed by atoms with van der Waals surface area (Å²) in [6.07, 6.45) is 5.62. The summed E-state index contributed by atoms with van der Waals surface area (Å²) in [5, 5.41) is 0. The van der Waals surface area contributed by atoms with E-state index in [-0.39, 0.29) is 5.41 Å². The Morgan fingerprint density at radius 3 is 2.31 bits per heavy atom. The van der Waals surface area contributed by atoms with Crippen LogP contribution in [0.3, 0.4) is 0 Å². The summed E-state index contributed by atoms with van der Waals surface area (Å²) in [4.78, 5) is 0. The Kier molecular flexibility index (Phi) is 3.30. The van der Waals surface area contributed by atoms with Crippen LogP contribution in [0.2, 0.25) is 0 Å². The average molecular weight is 174 g/mol. The maximum atomic E-state index is 2.28. The zero-order chi connectivity index (χ0) is 9.73. The summed E-state index contributed by atoms with van der Waals surface area (Å²) in [7, 11) is 0. The van der Waals surface area contributed by atoms with E-state index >= 15 is 0 Å². The van der Waals surface area contributed by atoms with Crippen LogP contribution in [0.25, 0.3) is 0 Å². The average Bonchev–Trinajstić information content (AvgIpc) is 2.16. The molecule has 0 saturated heterocycles. The van der Waals surface area contributed by atoms with Crippen molar-refractivity contribution in [1.82, 2.24) is 0 Å². The van der Waals surface area contributed by atoms with Crippen molar-refractivity contribution >= 4 is 0 Å². The molecule has 0 saturated carbocycles. The molecule has 0 atom stereocenters. The molecule has 0 aliphatic rings. The number of rotatable bonds is 3. The quantitative estimate of drug-likeness (QED) is 0.609. The first-order valence-electron chi connectivity index (χ1n) is 4.90. The van der Waals surface area contributed by atoms with Crippen molar-refractivity contribution in [1.29, 1.82) is 0 Å². The zero-order valence-corrected chi connectivity index (χ0v) is 8.75. The van der Waals surface area contributed by atoms with Gasteiger partial charge in [-0.1, -0.05) is 63.3 Å². The Hall–Kier alpha value is -1.04. The van der Waals surface area contributed by atoms with E-state index in [2.05, 4.69) is 63.3 Å². The summed E-state index contributed by atoms with van der Waals surface area (Å²) in [6, 6.07) is 10.6. The van der Waals surface area contributed by atoms with Crippen LogP contribution >= 0.6 is 0 Å². The van der Waals surface area contributed by atoms with Gasteiger partial charge in [0, 0.05) is 5.41 Å². The highest BCUT2D eigenvalue weighted by Gasteiger charge is 2.15. The van der Waals surface area contributed by atoms with Crippen LogP contribution in [0.15, 0.2) is 42.5 Å². The fraction of sp³-hybridized carbons (Fsp3) is 0.385. The van der Waals surface area contributed by atoms with Crippen LogP contribution in [0.5, 0.6) is 0 Å². The lowest BCUT2D eigenvalue weighted by molar-refractivity contribution is 0.667. The van der Waals surface area contributed by atoms with Gasteiger partial charge in [0.25, 0.3) is 0 Å². The van der Waals surface area contributed by atoms with Gasteiger partial charge in [-0.2, -0.15) is 0 Å². The largest absolute Gasteiger partial charge is 0.0879 e.